The average Bonchev–Trinajstić information content (AvgIpc) is 2.56. The zero-order valence-electron chi connectivity index (χ0n) is 13.5. The molecule has 5 heteroatoms. The third kappa shape index (κ3) is 5.08. The molecule has 23 heavy (non-hydrogen) atoms. The van der Waals surface area contributed by atoms with Crippen LogP contribution < -0.4 is 5.32 Å². The minimum atomic E-state index is -0.154. The normalized spacial score (nSPS) is 12.0. The predicted molar refractivity (Wildman–Crippen MR) is 95.7 cm³/mol. The van der Waals surface area contributed by atoms with Gasteiger partial charge in [0, 0.05) is 36.4 Å². The number of carbonyl (C=O) groups is 1. The Morgan fingerprint density at radius 1 is 1.26 bits per heavy atom. The van der Waals surface area contributed by atoms with Gasteiger partial charge in [-0.1, -0.05) is 29.8 Å². The van der Waals surface area contributed by atoms with Gasteiger partial charge in [0.15, 0.2) is 0 Å². The lowest BCUT2D eigenvalue weighted by atomic mass is 10.0. The fourth-order valence-corrected chi connectivity index (χ4v) is 2.94. The molecule has 2 rings (SSSR count). The molecular weight excluding hydrogens is 308 g/mol. The Bertz CT molecular complexity index is 638. The first-order valence-electron chi connectivity index (χ1n) is 7.56. The number of thioether (sulfide) groups is 1. The van der Waals surface area contributed by atoms with E-state index in [9.17, 15) is 4.79 Å². The monoisotopic (exact) mass is 330 g/mol. The fourth-order valence-electron chi connectivity index (χ4n) is 2.29. The van der Waals surface area contributed by atoms with Crippen LogP contribution in [0, 0.1) is 6.92 Å². The summed E-state index contributed by atoms with van der Waals surface area (Å²) in [6.07, 6.45) is 5.87. The van der Waals surface area contributed by atoms with E-state index in [1.807, 2.05) is 43.5 Å². The van der Waals surface area contributed by atoms with Crippen LogP contribution in [-0.4, -0.2) is 40.7 Å². The van der Waals surface area contributed by atoms with Crippen LogP contribution in [-0.2, 0) is 0 Å². The van der Waals surface area contributed by atoms with Gasteiger partial charge < -0.3 is 10.4 Å². The molecule has 1 atom stereocenters. The number of hydrogen-bond donors (Lipinski definition) is 2. The second kappa shape index (κ2) is 8.70. The summed E-state index contributed by atoms with van der Waals surface area (Å²) >= 11 is 1.65. The van der Waals surface area contributed by atoms with E-state index in [1.54, 1.807) is 24.2 Å². The van der Waals surface area contributed by atoms with E-state index in [-0.39, 0.29) is 18.6 Å². The molecule has 2 aromatic rings. The second-order valence-electron chi connectivity index (χ2n) is 5.47. The summed E-state index contributed by atoms with van der Waals surface area (Å²) in [6.45, 7) is 2.10. The molecule has 2 N–H and O–H groups in total. The van der Waals surface area contributed by atoms with Crippen molar-refractivity contribution in [2.75, 3.05) is 18.6 Å². The van der Waals surface area contributed by atoms with Crippen LogP contribution >= 0.6 is 11.8 Å². The van der Waals surface area contributed by atoms with E-state index in [1.165, 1.54) is 5.56 Å². The van der Waals surface area contributed by atoms with Crippen LogP contribution in [0.15, 0.2) is 42.7 Å². The van der Waals surface area contributed by atoms with Crippen molar-refractivity contribution in [2.45, 2.75) is 19.4 Å². The number of hydrogen-bond acceptors (Lipinski definition) is 4. The number of benzene rings is 1. The van der Waals surface area contributed by atoms with Crippen molar-refractivity contribution in [1.29, 1.82) is 0 Å². The summed E-state index contributed by atoms with van der Waals surface area (Å²) in [5, 5.41) is 12.1. The Morgan fingerprint density at radius 3 is 2.65 bits per heavy atom. The number of pyridine rings is 1. The molecule has 1 aromatic heterocycles. The molecule has 1 aromatic carbocycles. The molecule has 4 nitrogen and oxygen atoms in total. The van der Waals surface area contributed by atoms with Gasteiger partial charge in [0.1, 0.15) is 0 Å². The lowest BCUT2D eigenvalue weighted by molar-refractivity contribution is 0.0935. The molecule has 0 aliphatic rings. The number of aliphatic hydroxyl groups is 1. The molecule has 0 aliphatic heterocycles. The van der Waals surface area contributed by atoms with Crippen LogP contribution in [0.25, 0.3) is 11.1 Å². The lowest BCUT2D eigenvalue weighted by Crippen LogP contribution is -2.37. The molecule has 0 radical (unpaired) electrons. The Hall–Kier alpha value is -1.85. The van der Waals surface area contributed by atoms with Crippen LogP contribution in [0.5, 0.6) is 0 Å². The number of aromatic nitrogens is 1. The van der Waals surface area contributed by atoms with Crippen molar-refractivity contribution >= 4 is 17.7 Å². The Balaban J connectivity index is 2.15. The van der Waals surface area contributed by atoms with Gasteiger partial charge in [-0.3, -0.25) is 9.78 Å². The molecule has 0 saturated heterocycles. The topological polar surface area (TPSA) is 62.2 Å². The van der Waals surface area contributed by atoms with E-state index in [2.05, 4.69) is 10.3 Å². The number of aryl methyl sites for hydroxylation is 1. The molecular formula is C18H22N2O2S. The maximum Gasteiger partial charge on any atom is 0.253 e. The first kappa shape index (κ1) is 17.5. The van der Waals surface area contributed by atoms with Gasteiger partial charge in [-0.15, -0.1) is 0 Å². The number of aliphatic hydroxyl groups excluding tert-OH is 1. The summed E-state index contributed by atoms with van der Waals surface area (Å²) in [4.78, 5) is 16.6. The Labute approximate surface area is 141 Å². The molecule has 1 heterocycles. The zero-order chi connectivity index (χ0) is 16.7. The van der Waals surface area contributed by atoms with E-state index in [0.29, 0.717) is 12.0 Å². The lowest BCUT2D eigenvalue weighted by Gasteiger charge is -2.16. The van der Waals surface area contributed by atoms with Gasteiger partial charge in [-0.2, -0.15) is 11.8 Å². The summed E-state index contributed by atoms with van der Waals surface area (Å²) in [5.41, 5.74) is 3.68. The van der Waals surface area contributed by atoms with Crippen molar-refractivity contribution in [3.8, 4) is 11.1 Å². The number of nitrogens with one attached hydrogen (secondary N) is 1. The minimum absolute atomic E-state index is 0.0365. The summed E-state index contributed by atoms with van der Waals surface area (Å²) in [5.74, 6) is 0.621. The summed E-state index contributed by atoms with van der Waals surface area (Å²) in [6, 6.07) is 9.94. The van der Waals surface area contributed by atoms with Crippen molar-refractivity contribution in [2.24, 2.45) is 0 Å². The van der Waals surface area contributed by atoms with Crippen LogP contribution in [0.4, 0.5) is 0 Å². The van der Waals surface area contributed by atoms with Gasteiger partial charge in [-0.25, -0.2) is 0 Å². The third-order valence-electron chi connectivity index (χ3n) is 3.57. The van der Waals surface area contributed by atoms with Gasteiger partial charge in [0.2, 0.25) is 0 Å². The molecule has 0 aliphatic carbocycles. The molecule has 1 unspecified atom stereocenters. The Kier molecular flexibility index (Phi) is 6.62. The van der Waals surface area contributed by atoms with Crippen molar-refractivity contribution < 1.29 is 9.90 Å². The van der Waals surface area contributed by atoms with Gasteiger partial charge in [-0.05, 0) is 31.2 Å². The summed E-state index contributed by atoms with van der Waals surface area (Å²) in [7, 11) is 0. The molecule has 0 saturated carbocycles. The van der Waals surface area contributed by atoms with Gasteiger partial charge >= 0.3 is 0 Å². The molecule has 122 valence electrons. The van der Waals surface area contributed by atoms with E-state index >= 15 is 0 Å². The van der Waals surface area contributed by atoms with E-state index < -0.39 is 0 Å². The average molecular weight is 330 g/mol. The largest absolute Gasteiger partial charge is 0.396 e. The number of nitrogens with zero attached hydrogens (tertiary/aromatic N) is 1. The number of rotatable bonds is 7. The Morgan fingerprint density at radius 2 is 2.00 bits per heavy atom. The van der Waals surface area contributed by atoms with E-state index in [4.69, 9.17) is 5.11 Å². The maximum atomic E-state index is 12.4. The van der Waals surface area contributed by atoms with Gasteiger partial charge in [0.25, 0.3) is 5.91 Å². The maximum absolute atomic E-state index is 12.4. The molecule has 0 bridgehead atoms. The van der Waals surface area contributed by atoms with Crippen LogP contribution in [0.3, 0.4) is 0 Å². The number of amides is 1. The van der Waals surface area contributed by atoms with Crippen molar-refractivity contribution in [3.63, 3.8) is 0 Å². The first-order chi connectivity index (χ1) is 11.1. The highest BCUT2D eigenvalue weighted by molar-refractivity contribution is 7.98. The number of carbonyl (C=O) groups excluding carboxylic acids is 1. The standard InChI is InChI=1S/C18H22N2O2S/c1-13-3-5-14(6-4-13)15-9-16(11-19-10-15)18(22)20-17(7-8-21)12-23-2/h3-6,9-11,17,21H,7-8,12H2,1-2H3,(H,20,22). The third-order valence-corrected chi connectivity index (χ3v) is 4.30. The quantitative estimate of drug-likeness (QED) is 0.819. The minimum Gasteiger partial charge on any atom is -0.396 e. The SMILES string of the molecule is CSCC(CCO)NC(=O)c1cncc(-c2ccc(C)cc2)c1. The van der Waals surface area contributed by atoms with Crippen molar-refractivity contribution in [3.05, 3.63) is 53.9 Å². The fraction of sp³-hybridized carbons (Fsp3) is 0.333. The second-order valence-corrected chi connectivity index (χ2v) is 6.38. The molecule has 1 amide bonds. The van der Waals surface area contributed by atoms with Gasteiger partial charge in [0.05, 0.1) is 5.56 Å². The highest BCUT2D eigenvalue weighted by atomic mass is 32.2. The summed E-state index contributed by atoms with van der Waals surface area (Å²) < 4.78 is 0. The highest BCUT2D eigenvalue weighted by Gasteiger charge is 2.14. The molecule has 0 fully saturated rings. The van der Waals surface area contributed by atoms with Crippen molar-refractivity contribution in [1.82, 2.24) is 10.3 Å². The zero-order valence-corrected chi connectivity index (χ0v) is 14.3. The molecule has 0 spiro atoms. The predicted octanol–water partition coefficient (Wildman–Crippen LogP) is 2.90. The van der Waals surface area contributed by atoms with Crippen LogP contribution in [0.1, 0.15) is 22.3 Å². The van der Waals surface area contributed by atoms with Crippen LogP contribution in [0.2, 0.25) is 0 Å². The first-order valence-corrected chi connectivity index (χ1v) is 8.96. The smallest absolute Gasteiger partial charge is 0.253 e. The van der Waals surface area contributed by atoms with E-state index in [0.717, 1.165) is 16.9 Å². The highest BCUT2D eigenvalue weighted by Crippen LogP contribution is 2.20.